The fourth-order valence-corrected chi connectivity index (χ4v) is 9.69. The van der Waals surface area contributed by atoms with Crippen molar-refractivity contribution in [2.45, 2.75) is 362 Å². The Balaban J connectivity index is 4.19. The maximum Gasteiger partial charge on any atom is 0.306 e. The molecule has 69 heavy (non-hydrogen) atoms. The van der Waals surface area contributed by atoms with Crippen molar-refractivity contribution < 1.29 is 28.6 Å². The maximum atomic E-state index is 12.9. The molecule has 0 radical (unpaired) electrons. The summed E-state index contributed by atoms with van der Waals surface area (Å²) in [6.07, 6.45) is 61.1. The number of unbranched alkanes of at least 4 members (excludes halogenated alkanes) is 40. The zero-order chi connectivity index (χ0) is 50.4. The lowest BCUT2D eigenvalue weighted by Crippen LogP contribution is -2.30. The first-order chi connectivity index (χ1) is 33.8. The highest BCUT2D eigenvalue weighted by atomic mass is 16.6. The molecule has 6 nitrogen and oxygen atoms in total. The number of ether oxygens (including phenoxy) is 3. The SMILES string of the molecule is CCCCCCCCCCCCCCCCCCCCCC(=O)O[C@H](COC(=O)CCCCCCCCCCCCCCCCCCCCC(C)CC)COC(=O)CCCCCCCCC(C)CC. The van der Waals surface area contributed by atoms with Gasteiger partial charge >= 0.3 is 17.9 Å². The van der Waals surface area contributed by atoms with E-state index in [1.807, 2.05) is 0 Å². The summed E-state index contributed by atoms with van der Waals surface area (Å²) < 4.78 is 16.9. The topological polar surface area (TPSA) is 78.9 Å². The molecule has 410 valence electrons. The molecule has 0 heterocycles. The third kappa shape index (κ3) is 54.0. The van der Waals surface area contributed by atoms with Crippen molar-refractivity contribution >= 4 is 17.9 Å². The number of hydrogen-bond acceptors (Lipinski definition) is 6. The van der Waals surface area contributed by atoms with E-state index in [4.69, 9.17) is 14.2 Å². The molecular weight excluding hydrogens is 853 g/mol. The molecule has 0 aromatic carbocycles. The predicted molar refractivity (Wildman–Crippen MR) is 298 cm³/mol. The number of carbonyl (C=O) groups is 3. The van der Waals surface area contributed by atoms with Crippen LogP contribution >= 0.6 is 0 Å². The van der Waals surface area contributed by atoms with Crippen LogP contribution in [0.3, 0.4) is 0 Å². The van der Waals surface area contributed by atoms with Gasteiger partial charge in [-0.3, -0.25) is 14.4 Å². The molecule has 0 bridgehead atoms. The molecule has 0 amide bonds. The quantitative estimate of drug-likeness (QED) is 0.0343. The van der Waals surface area contributed by atoms with Crippen LogP contribution in [0.4, 0.5) is 0 Å². The van der Waals surface area contributed by atoms with E-state index in [1.165, 1.54) is 244 Å². The van der Waals surface area contributed by atoms with Crippen LogP contribution in [0.1, 0.15) is 356 Å². The Morgan fingerprint density at radius 3 is 0.754 bits per heavy atom. The summed E-state index contributed by atoms with van der Waals surface area (Å²) in [5.41, 5.74) is 0. The number of rotatable bonds is 57. The second kappa shape index (κ2) is 55.7. The second-order valence-corrected chi connectivity index (χ2v) is 22.2. The van der Waals surface area contributed by atoms with Gasteiger partial charge in [-0.25, -0.2) is 0 Å². The Bertz CT molecular complexity index is 1060. The van der Waals surface area contributed by atoms with Gasteiger partial charge in [0.15, 0.2) is 6.10 Å². The minimum absolute atomic E-state index is 0.0631. The van der Waals surface area contributed by atoms with Crippen molar-refractivity contribution in [2.75, 3.05) is 13.2 Å². The first kappa shape index (κ1) is 67.4. The van der Waals surface area contributed by atoms with Crippen molar-refractivity contribution in [3.8, 4) is 0 Å². The Labute approximate surface area is 431 Å². The highest BCUT2D eigenvalue weighted by Gasteiger charge is 2.19. The molecular formula is C63H122O6. The largest absolute Gasteiger partial charge is 0.462 e. The van der Waals surface area contributed by atoms with Crippen LogP contribution < -0.4 is 0 Å². The highest BCUT2D eigenvalue weighted by Crippen LogP contribution is 2.19. The van der Waals surface area contributed by atoms with Gasteiger partial charge in [-0.2, -0.15) is 0 Å². The normalized spacial score (nSPS) is 12.8. The van der Waals surface area contributed by atoms with Gasteiger partial charge in [0.05, 0.1) is 0 Å². The summed E-state index contributed by atoms with van der Waals surface area (Å²) in [6.45, 7) is 11.4. The molecule has 0 aromatic heterocycles. The number of carbonyl (C=O) groups excluding carboxylic acids is 3. The van der Waals surface area contributed by atoms with Crippen LogP contribution in [0.25, 0.3) is 0 Å². The van der Waals surface area contributed by atoms with E-state index in [-0.39, 0.29) is 31.1 Å². The van der Waals surface area contributed by atoms with Gasteiger partial charge in [-0.1, -0.05) is 317 Å². The summed E-state index contributed by atoms with van der Waals surface area (Å²) in [4.78, 5) is 38.2. The Hall–Kier alpha value is -1.59. The monoisotopic (exact) mass is 975 g/mol. The van der Waals surface area contributed by atoms with Crippen molar-refractivity contribution in [3.63, 3.8) is 0 Å². The fraction of sp³-hybridized carbons (Fsp3) is 0.952. The van der Waals surface area contributed by atoms with Crippen molar-refractivity contribution in [1.29, 1.82) is 0 Å². The third-order valence-electron chi connectivity index (χ3n) is 15.2. The van der Waals surface area contributed by atoms with Gasteiger partial charge in [0.25, 0.3) is 0 Å². The Morgan fingerprint density at radius 2 is 0.507 bits per heavy atom. The third-order valence-corrected chi connectivity index (χ3v) is 15.2. The molecule has 2 unspecified atom stereocenters. The van der Waals surface area contributed by atoms with Crippen LogP contribution in [-0.4, -0.2) is 37.2 Å². The summed E-state index contributed by atoms with van der Waals surface area (Å²) in [6, 6.07) is 0. The molecule has 0 N–H and O–H groups in total. The van der Waals surface area contributed by atoms with Gasteiger partial charge < -0.3 is 14.2 Å². The van der Waals surface area contributed by atoms with Gasteiger partial charge in [0.1, 0.15) is 13.2 Å². The summed E-state index contributed by atoms with van der Waals surface area (Å²) in [5, 5.41) is 0. The summed E-state index contributed by atoms with van der Waals surface area (Å²) in [7, 11) is 0. The lowest BCUT2D eigenvalue weighted by Gasteiger charge is -2.18. The van der Waals surface area contributed by atoms with Crippen molar-refractivity contribution in [3.05, 3.63) is 0 Å². The first-order valence-electron chi connectivity index (χ1n) is 31.3. The van der Waals surface area contributed by atoms with Crippen LogP contribution in [0, 0.1) is 11.8 Å². The van der Waals surface area contributed by atoms with Crippen LogP contribution in [-0.2, 0) is 28.6 Å². The maximum absolute atomic E-state index is 12.9. The molecule has 6 heteroatoms. The first-order valence-corrected chi connectivity index (χ1v) is 31.3. The van der Waals surface area contributed by atoms with Crippen molar-refractivity contribution in [1.82, 2.24) is 0 Å². The van der Waals surface area contributed by atoms with E-state index in [2.05, 4.69) is 34.6 Å². The van der Waals surface area contributed by atoms with E-state index in [1.54, 1.807) is 0 Å². The van der Waals surface area contributed by atoms with Crippen molar-refractivity contribution in [2.24, 2.45) is 11.8 Å². The molecule has 0 rings (SSSR count). The van der Waals surface area contributed by atoms with E-state index in [0.717, 1.165) is 69.6 Å². The van der Waals surface area contributed by atoms with Crippen LogP contribution in [0.15, 0.2) is 0 Å². The van der Waals surface area contributed by atoms with E-state index >= 15 is 0 Å². The fourth-order valence-electron chi connectivity index (χ4n) is 9.69. The van der Waals surface area contributed by atoms with E-state index in [0.29, 0.717) is 19.3 Å². The summed E-state index contributed by atoms with van der Waals surface area (Å²) in [5.74, 6) is 0.885. The molecule has 3 atom stereocenters. The zero-order valence-corrected chi connectivity index (χ0v) is 47.5. The average molecular weight is 976 g/mol. The molecule has 0 saturated heterocycles. The molecule has 0 fully saturated rings. The minimum atomic E-state index is -0.764. The van der Waals surface area contributed by atoms with E-state index in [9.17, 15) is 14.4 Å². The Kier molecular flexibility index (Phi) is 54.4. The van der Waals surface area contributed by atoms with Crippen LogP contribution in [0.2, 0.25) is 0 Å². The predicted octanol–water partition coefficient (Wildman–Crippen LogP) is 20.8. The average Bonchev–Trinajstić information content (AvgIpc) is 3.35. The molecule has 0 aliphatic heterocycles. The van der Waals surface area contributed by atoms with Gasteiger partial charge in [0.2, 0.25) is 0 Å². The second-order valence-electron chi connectivity index (χ2n) is 22.2. The lowest BCUT2D eigenvalue weighted by molar-refractivity contribution is -0.167. The lowest BCUT2D eigenvalue weighted by atomic mass is 9.99. The molecule has 0 aliphatic rings. The number of hydrogen-bond donors (Lipinski definition) is 0. The molecule has 0 aliphatic carbocycles. The number of esters is 3. The van der Waals surface area contributed by atoms with E-state index < -0.39 is 6.10 Å². The highest BCUT2D eigenvalue weighted by molar-refractivity contribution is 5.71. The standard InChI is InChI=1S/C63H122O6/c1-6-9-10-11-12-13-14-15-16-17-18-23-26-29-32-35-38-45-50-55-63(66)69-60(57-68-62(65)54-49-44-40-39-42-47-52-59(5)8-3)56-67-61(64)53-48-43-37-34-31-28-25-22-20-19-21-24-27-30-33-36-41-46-51-58(4)7-2/h58-60H,6-57H2,1-5H3/t58?,59?,60-/m1/s1. The molecule has 0 saturated carbocycles. The molecule has 0 spiro atoms. The van der Waals surface area contributed by atoms with Gasteiger partial charge in [-0.15, -0.1) is 0 Å². The minimum Gasteiger partial charge on any atom is -0.462 e. The van der Waals surface area contributed by atoms with Crippen LogP contribution in [0.5, 0.6) is 0 Å². The smallest absolute Gasteiger partial charge is 0.306 e. The zero-order valence-electron chi connectivity index (χ0n) is 47.5. The van der Waals surface area contributed by atoms with Gasteiger partial charge in [0, 0.05) is 19.3 Å². The Morgan fingerprint density at radius 1 is 0.290 bits per heavy atom. The summed E-state index contributed by atoms with van der Waals surface area (Å²) >= 11 is 0. The molecule has 0 aromatic rings. The van der Waals surface area contributed by atoms with Gasteiger partial charge in [-0.05, 0) is 31.1 Å².